The molecule has 3 aromatic heterocycles. The second-order valence-electron chi connectivity index (χ2n) is 7.91. The van der Waals surface area contributed by atoms with Gasteiger partial charge < -0.3 is 4.74 Å². The van der Waals surface area contributed by atoms with E-state index in [2.05, 4.69) is 20.8 Å². The van der Waals surface area contributed by atoms with Gasteiger partial charge in [-0.3, -0.25) is 9.55 Å². The van der Waals surface area contributed by atoms with Crippen molar-refractivity contribution in [2.75, 3.05) is 7.11 Å². The van der Waals surface area contributed by atoms with Gasteiger partial charge in [-0.2, -0.15) is 5.26 Å². The van der Waals surface area contributed by atoms with Crippen molar-refractivity contribution in [2.45, 2.75) is 30.2 Å². The number of nitrogens with one attached hydrogen (secondary N) is 1. The van der Waals surface area contributed by atoms with Gasteiger partial charge in [0.2, 0.25) is 10.0 Å². The Labute approximate surface area is 179 Å². The number of nitriles is 1. The maximum absolute atomic E-state index is 12.6. The van der Waals surface area contributed by atoms with E-state index in [4.69, 9.17) is 4.74 Å². The Bertz CT molecular complexity index is 1420. The molecule has 2 aliphatic rings. The van der Waals surface area contributed by atoms with Crippen LogP contribution in [0.1, 0.15) is 25.3 Å². The molecule has 0 saturated heterocycles. The van der Waals surface area contributed by atoms with E-state index in [-0.39, 0.29) is 10.4 Å². The molecule has 1 fully saturated rings. The molecule has 31 heavy (non-hydrogen) atoms. The molecule has 2 aliphatic carbocycles. The van der Waals surface area contributed by atoms with Crippen molar-refractivity contribution < 1.29 is 13.2 Å². The standard InChI is InChI=1S/C22H19N5O3S/c1-22(8-9-22)26-31(28,29)16-6-7-19(24-13-16)20-18(11-23)17-10-15(30-2)12-25-21(17)27(20)14-4-3-5-14/h3-7,10,12-13,26H,8-9H2,1-2H3. The molecule has 3 aromatic rings. The summed E-state index contributed by atoms with van der Waals surface area (Å²) in [6, 6.07) is 7.16. The Morgan fingerprint density at radius 3 is 2.58 bits per heavy atom. The maximum atomic E-state index is 12.6. The lowest BCUT2D eigenvalue weighted by Crippen LogP contribution is -2.34. The molecule has 0 bridgehead atoms. The van der Waals surface area contributed by atoms with Crippen molar-refractivity contribution in [2.24, 2.45) is 0 Å². The first kappa shape index (κ1) is 19.5. The Morgan fingerprint density at radius 1 is 1.26 bits per heavy atom. The largest absolute Gasteiger partial charge is 0.495 e. The molecular formula is C22H19N5O3S. The summed E-state index contributed by atoms with van der Waals surface area (Å²) in [4.78, 5) is 9.00. The van der Waals surface area contributed by atoms with Crippen LogP contribution in [-0.2, 0) is 10.0 Å². The third-order valence-corrected chi connectivity index (χ3v) is 7.22. The van der Waals surface area contributed by atoms with Gasteiger partial charge in [-0.05, 0) is 50.1 Å². The molecule has 0 unspecified atom stereocenters. The number of methoxy groups -OCH3 is 1. The van der Waals surface area contributed by atoms with Crippen LogP contribution in [0.15, 0.2) is 53.7 Å². The Hall–Kier alpha value is -3.48. The third-order valence-electron chi connectivity index (χ3n) is 5.59. The van der Waals surface area contributed by atoms with Crippen LogP contribution in [0.3, 0.4) is 0 Å². The van der Waals surface area contributed by atoms with Gasteiger partial charge in [0.05, 0.1) is 30.3 Å². The quantitative estimate of drug-likeness (QED) is 0.639. The fraction of sp³-hybridized carbons (Fsp3) is 0.227. The minimum absolute atomic E-state index is 0.0908. The van der Waals surface area contributed by atoms with Crippen LogP contribution in [0.4, 0.5) is 0 Å². The molecule has 1 saturated carbocycles. The molecule has 0 atom stereocenters. The third kappa shape index (κ3) is 3.21. The monoisotopic (exact) mass is 433 g/mol. The van der Waals surface area contributed by atoms with Gasteiger partial charge in [0.25, 0.3) is 0 Å². The summed E-state index contributed by atoms with van der Waals surface area (Å²) < 4.78 is 35.2. The number of fused-ring (bicyclic) bond motifs is 1. The van der Waals surface area contributed by atoms with E-state index < -0.39 is 10.0 Å². The Kier molecular flexibility index (Phi) is 4.25. The zero-order valence-electron chi connectivity index (χ0n) is 17.0. The Morgan fingerprint density at radius 2 is 2.03 bits per heavy atom. The van der Waals surface area contributed by atoms with Crippen LogP contribution in [0.2, 0.25) is 0 Å². The minimum Gasteiger partial charge on any atom is -0.495 e. The molecule has 0 aromatic carbocycles. The second-order valence-corrected chi connectivity index (χ2v) is 9.60. The van der Waals surface area contributed by atoms with Crippen LogP contribution >= 0.6 is 0 Å². The molecule has 3 heterocycles. The maximum Gasteiger partial charge on any atom is 0.242 e. The number of hydrogen-bond donors (Lipinski definition) is 1. The summed E-state index contributed by atoms with van der Waals surface area (Å²) in [5.74, 6) is 0.542. The number of sulfonamides is 1. The zero-order chi connectivity index (χ0) is 21.8. The van der Waals surface area contributed by atoms with E-state index in [9.17, 15) is 13.7 Å². The van der Waals surface area contributed by atoms with Gasteiger partial charge in [-0.15, -0.1) is 0 Å². The van der Waals surface area contributed by atoms with Gasteiger partial charge >= 0.3 is 0 Å². The molecule has 1 N–H and O–H groups in total. The SMILES string of the molecule is COc1cnc2c(c1)c(C#N)c(-c1ccc(S(=O)(=O)NC3(C)CC3)cn1)n2C1=CC=C1. The second kappa shape index (κ2) is 6.77. The van der Waals surface area contributed by atoms with E-state index in [1.807, 2.05) is 29.7 Å². The van der Waals surface area contributed by atoms with E-state index >= 15 is 0 Å². The number of rotatable bonds is 6. The van der Waals surface area contributed by atoms with Crippen LogP contribution in [-0.4, -0.2) is 35.6 Å². The number of nitrogens with zero attached hydrogens (tertiary/aromatic N) is 4. The van der Waals surface area contributed by atoms with E-state index in [1.165, 1.54) is 12.3 Å². The summed E-state index contributed by atoms with van der Waals surface area (Å²) in [5.41, 5.74) is 2.53. The molecule has 156 valence electrons. The van der Waals surface area contributed by atoms with Gasteiger partial charge in [-0.1, -0.05) is 6.08 Å². The highest BCUT2D eigenvalue weighted by Crippen LogP contribution is 2.38. The number of ether oxygens (including phenoxy) is 1. The Balaban J connectivity index is 1.65. The highest BCUT2D eigenvalue weighted by atomic mass is 32.2. The average Bonchev–Trinajstić information content (AvgIpc) is 3.35. The normalized spacial score (nSPS) is 16.5. The van der Waals surface area contributed by atoms with Gasteiger partial charge in [0, 0.05) is 22.8 Å². The van der Waals surface area contributed by atoms with Gasteiger partial charge in [-0.25, -0.2) is 18.1 Å². The first-order chi connectivity index (χ1) is 14.8. The van der Waals surface area contributed by atoms with Crippen molar-refractivity contribution in [1.82, 2.24) is 19.3 Å². The van der Waals surface area contributed by atoms with Crippen LogP contribution in [0.5, 0.6) is 5.75 Å². The first-order valence-corrected chi connectivity index (χ1v) is 11.2. The lowest BCUT2D eigenvalue weighted by Gasteiger charge is -2.15. The number of allylic oxidation sites excluding steroid dienone is 4. The van der Waals surface area contributed by atoms with Crippen LogP contribution in [0, 0.1) is 11.3 Å². The smallest absolute Gasteiger partial charge is 0.242 e. The summed E-state index contributed by atoms with van der Waals surface area (Å²) in [6.07, 6.45) is 10.3. The topological polar surface area (TPSA) is 110 Å². The van der Waals surface area contributed by atoms with Crippen molar-refractivity contribution >= 4 is 26.8 Å². The number of aromatic nitrogens is 3. The molecule has 0 radical (unpaired) electrons. The average molecular weight is 433 g/mol. The molecule has 9 heteroatoms. The van der Waals surface area contributed by atoms with Crippen LogP contribution < -0.4 is 9.46 Å². The van der Waals surface area contributed by atoms with Crippen LogP contribution in [0.25, 0.3) is 28.1 Å². The van der Waals surface area contributed by atoms with Crippen molar-refractivity contribution in [3.8, 4) is 23.2 Å². The minimum atomic E-state index is -3.66. The fourth-order valence-corrected chi connectivity index (χ4v) is 4.96. The highest BCUT2D eigenvalue weighted by molar-refractivity contribution is 7.89. The van der Waals surface area contributed by atoms with Gasteiger partial charge in [0.1, 0.15) is 22.4 Å². The molecule has 5 rings (SSSR count). The molecule has 0 amide bonds. The zero-order valence-corrected chi connectivity index (χ0v) is 17.8. The predicted octanol–water partition coefficient (Wildman–Crippen LogP) is 3.22. The lowest BCUT2D eigenvalue weighted by molar-refractivity contribution is 0.413. The lowest BCUT2D eigenvalue weighted by atomic mass is 10.1. The predicted molar refractivity (Wildman–Crippen MR) is 116 cm³/mol. The van der Waals surface area contributed by atoms with E-state index in [0.29, 0.717) is 33.7 Å². The van der Waals surface area contributed by atoms with Crippen molar-refractivity contribution in [3.05, 3.63) is 54.4 Å². The molecular weight excluding hydrogens is 414 g/mol. The van der Waals surface area contributed by atoms with E-state index in [0.717, 1.165) is 18.5 Å². The van der Waals surface area contributed by atoms with Gasteiger partial charge in [0.15, 0.2) is 0 Å². The highest BCUT2D eigenvalue weighted by Gasteiger charge is 2.41. The van der Waals surface area contributed by atoms with Crippen molar-refractivity contribution in [1.29, 1.82) is 5.26 Å². The summed E-state index contributed by atoms with van der Waals surface area (Å²) >= 11 is 0. The fourth-order valence-electron chi connectivity index (χ4n) is 3.55. The summed E-state index contributed by atoms with van der Waals surface area (Å²) in [5, 5.41) is 10.6. The molecule has 8 nitrogen and oxygen atoms in total. The summed E-state index contributed by atoms with van der Waals surface area (Å²) in [6.45, 7) is 1.88. The van der Waals surface area contributed by atoms with Crippen molar-refractivity contribution in [3.63, 3.8) is 0 Å². The van der Waals surface area contributed by atoms with E-state index in [1.54, 1.807) is 25.4 Å². The number of hydrogen-bond acceptors (Lipinski definition) is 6. The number of pyridine rings is 2. The molecule has 0 spiro atoms. The summed E-state index contributed by atoms with van der Waals surface area (Å²) in [7, 11) is -2.12. The molecule has 0 aliphatic heterocycles. The first-order valence-electron chi connectivity index (χ1n) is 9.73.